The Morgan fingerprint density at radius 2 is 1.66 bits per heavy atom. The van der Waals surface area contributed by atoms with E-state index in [1.54, 1.807) is 67.6 Å². The molecule has 44 heavy (non-hydrogen) atoms. The zero-order chi connectivity index (χ0) is 31.6. The maximum absolute atomic E-state index is 14.4. The first-order valence-corrected chi connectivity index (χ1v) is 14.5. The average molecular weight is 613 g/mol. The summed E-state index contributed by atoms with van der Waals surface area (Å²) >= 11 is 1.29. The molecule has 1 atom stereocenters. The Labute approximate surface area is 257 Å². The maximum Gasteiger partial charge on any atom is 0.272 e. The lowest BCUT2D eigenvalue weighted by atomic mass is 10.1. The summed E-state index contributed by atoms with van der Waals surface area (Å²) in [7, 11) is 0. The highest BCUT2D eigenvalue weighted by molar-refractivity contribution is 8.00. The van der Waals surface area contributed by atoms with E-state index >= 15 is 0 Å². The van der Waals surface area contributed by atoms with E-state index < -0.39 is 27.8 Å². The van der Waals surface area contributed by atoms with Gasteiger partial charge in [0.1, 0.15) is 11.5 Å². The standard InChI is InChI=1S/C33H29FN4O5S/c1-3-30(33(41)36-28-17-16-25(38(42)43)18-21(28)2)44-26-14-9-13-24(20-26)35-32(40)29(19-23-12-7-8-15-27(23)34)37-31(39)22-10-5-4-6-11-22/h4-20,30H,3H2,1-2H3,(H,35,40)(H,36,41)(H,37,39)/b29-19-. The number of aryl methyl sites for hydroxylation is 1. The molecule has 3 amide bonds. The molecule has 0 aliphatic carbocycles. The smallest absolute Gasteiger partial charge is 0.272 e. The van der Waals surface area contributed by atoms with Crippen LogP contribution in [0.2, 0.25) is 0 Å². The van der Waals surface area contributed by atoms with Gasteiger partial charge in [-0.3, -0.25) is 24.5 Å². The van der Waals surface area contributed by atoms with Crippen molar-refractivity contribution in [3.63, 3.8) is 0 Å². The fraction of sp³-hybridized carbons (Fsp3) is 0.121. The first kappa shape index (κ1) is 31.6. The van der Waals surface area contributed by atoms with Gasteiger partial charge in [0.2, 0.25) is 5.91 Å². The van der Waals surface area contributed by atoms with Gasteiger partial charge < -0.3 is 16.0 Å². The molecule has 9 nitrogen and oxygen atoms in total. The van der Waals surface area contributed by atoms with Gasteiger partial charge in [0.25, 0.3) is 17.5 Å². The van der Waals surface area contributed by atoms with Gasteiger partial charge in [-0.2, -0.15) is 0 Å². The van der Waals surface area contributed by atoms with Crippen LogP contribution in [0.15, 0.2) is 108 Å². The number of hydrogen-bond donors (Lipinski definition) is 3. The number of carbonyl (C=O) groups is 3. The first-order valence-electron chi connectivity index (χ1n) is 13.6. The van der Waals surface area contributed by atoms with Gasteiger partial charge in [0.05, 0.1) is 10.2 Å². The minimum Gasteiger partial charge on any atom is -0.325 e. The lowest BCUT2D eigenvalue weighted by Gasteiger charge is -2.17. The normalized spacial score (nSPS) is 11.8. The van der Waals surface area contributed by atoms with Crippen LogP contribution < -0.4 is 16.0 Å². The van der Waals surface area contributed by atoms with Crippen molar-refractivity contribution in [3.05, 3.63) is 135 Å². The molecule has 11 heteroatoms. The Kier molecular flexibility index (Phi) is 10.6. The first-order chi connectivity index (χ1) is 21.1. The summed E-state index contributed by atoms with van der Waals surface area (Å²) in [4.78, 5) is 50.5. The summed E-state index contributed by atoms with van der Waals surface area (Å²) < 4.78 is 14.4. The van der Waals surface area contributed by atoms with Crippen molar-refractivity contribution >= 4 is 52.6 Å². The summed E-state index contributed by atoms with van der Waals surface area (Å²) in [6, 6.07) is 25.3. The predicted octanol–water partition coefficient (Wildman–Crippen LogP) is 6.96. The van der Waals surface area contributed by atoms with Crippen molar-refractivity contribution in [1.82, 2.24) is 5.32 Å². The summed E-state index contributed by atoms with van der Waals surface area (Å²) in [5.74, 6) is -2.04. The van der Waals surface area contributed by atoms with Crippen molar-refractivity contribution in [2.75, 3.05) is 10.6 Å². The molecule has 0 aromatic heterocycles. The molecular weight excluding hydrogens is 583 g/mol. The summed E-state index contributed by atoms with van der Waals surface area (Å²) in [5, 5.41) is 18.7. The van der Waals surface area contributed by atoms with Crippen LogP contribution in [0.3, 0.4) is 0 Å². The zero-order valence-corrected chi connectivity index (χ0v) is 24.7. The van der Waals surface area contributed by atoms with Gasteiger partial charge in [-0.15, -0.1) is 11.8 Å². The number of amides is 3. The third kappa shape index (κ3) is 8.39. The number of rotatable bonds is 11. The van der Waals surface area contributed by atoms with E-state index in [1.807, 2.05) is 6.92 Å². The molecule has 224 valence electrons. The monoisotopic (exact) mass is 612 g/mol. The largest absolute Gasteiger partial charge is 0.325 e. The molecule has 0 bridgehead atoms. The Bertz CT molecular complexity index is 1730. The molecule has 0 aliphatic rings. The summed E-state index contributed by atoms with van der Waals surface area (Å²) in [6.07, 6.45) is 1.75. The van der Waals surface area contributed by atoms with Gasteiger partial charge in [-0.25, -0.2) is 4.39 Å². The van der Waals surface area contributed by atoms with E-state index in [0.29, 0.717) is 33.8 Å². The summed E-state index contributed by atoms with van der Waals surface area (Å²) in [5.41, 5.74) is 1.66. The van der Waals surface area contributed by atoms with Crippen molar-refractivity contribution < 1.29 is 23.7 Å². The number of nitrogens with one attached hydrogen (secondary N) is 3. The van der Waals surface area contributed by atoms with Crippen LogP contribution in [0.25, 0.3) is 6.08 Å². The van der Waals surface area contributed by atoms with E-state index in [0.717, 1.165) is 0 Å². The lowest BCUT2D eigenvalue weighted by molar-refractivity contribution is -0.384. The van der Waals surface area contributed by atoms with E-state index in [9.17, 15) is 28.9 Å². The number of thioether (sulfide) groups is 1. The molecule has 0 saturated heterocycles. The summed E-state index contributed by atoms with van der Waals surface area (Å²) in [6.45, 7) is 3.54. The number of non-ortho nitro benzene ring substituents is 1. The number of anilines is 2. The minimum absolute atomic E-state index is 0.0627. The Hall–Kier alpha value is -5.29. The molecule has 4 rings (SSSR count). The van der Waals surface area contributed by atoms with Gasteiger partial charge in [-0.05, 0) is 67.4 Å². The van der Waals surface area contributed by atoms with Crippen LogP contribution in [-0.2, 0) is 9.59 Å². The van der Waals surface area contributed by atoms with Crippen molar-refractivity contribution in [2.45, 2.75) is 30.4 Å². The SMILES string of the molecule is CCC(Sc1cccc(NC(=O)/C(=C/c2ccccc2F)NC(=O)c2ccccc2)c1)C(=O)Nc1ccc([N+](=O)[O-])cc1C. The number of carbonyl (C=O) groups excluding carboxylic acids is 3. The second-order valence-corrected chi connectivity index (χ2v) is 10.9. The van der Waals surface area contributed by atoms with Gasteiger partial charge in [0, 0.05) is 39.5 Å². The quantitative estimate of drug-likeness (QED) is 0.0727. The molecule has 4 aromatic carbocycles. The fourth-order valence-corrected chi connectivity index (χ4v) is 5.15. The van der Waals surface area contributed by atoms with E-state index in [-0.39, 0.29) is 22.9 Å². The number of nitro groups is 1. The zero-order valence-electron chi connectivity index (χ0n) is 23.9. The number of benzene rings is 4. The molecule has 3 N–H and O–H groups in total. The molecule has 0 aliphatic heterocycles. The highest BCUT2D eigenvalue weighted by atomic mass is 32.2. The third-order valence-electron chi connectivity index (χ3n) is 6.45. The van der Waals surface area contributed by atoms with Gasteiger partial charge in [-0.1, -0.05) is 49.4 Å². The second kappa shape index (κ2) is 14.7. The molecule has 0 radical (unpaired) electrons. The number of nitro benzene ring substituents is 1. The fourth-order valence-electron chi connectivity index (χ4n) is 4.14. The van der Waals surface area contributed by atoms with Gasteiger partial charge in [0.15, 0.2) is 0 Å². The van der Waals surface area contributed by atoms with E-state index in [2.05, 4.69) is 16.0 Å². The van der Waals surface area contributed by atoms with Crippen LogP contribution in [0.5, 0.6) is 0 Å². The molecule has 0 heterocycles. The van der Waals surface area contributed by atoms with Crippen molar-refractivity contribution in [3.8, 4) is 0 Å². The van der Waals surface area contributed by atoms with Crippen molar-refractivity contribution in [2.24, 2.45) is 0 Å². The van der Waals surface area contributed by atoms with Crippen LogP contribution in [0.1, 0.15) is 34.8 Å². The van der Waals surface area contributed by atoms with E-state index in [1.165, 1.54) is 54.2 Å². The van der Waals surface area contributed by atoms with Crippen LogP contribution in [0.4, 0.5) is 21.5 Å². The van der Waals surface area contributed by atoms with Gasteiger partial charge >= 0.3 is 0 Å². The molecule has 0 spiro atoms. The van der Waals surface area contributed by atoms with E-state index in [4.69, 9.17) is 0 Å². The Morgan fingerprint density at radius 1 is 0.932 bits per heavy atom. The third-order valence-corrected chi connectivity index (χ3v) is 7.80. The highest BCUT2D eigenvalue weighted by Crippen LogP contribution is 2.30. The second-order valence-electron chi connectivity index (χ2n) is 9.64. The number of halogens is 1. The van der Waals surface area contributed by atoms with Crippen LogP contribution in [0, 0.1) is 22.9 Å². The van der Waals surface area contributed by atoms with Crippen LogP contribution >= 0.6 is 11.8 Å². The molecular formula is C33H29FN4O5S. The number of hydrogen-bond acceptors (Lipinski definition) is 6. The highest BCUT2D eigenvalue weighted by Gasteiger charge is 2.21. The maximum atomic E-state index is 14.4. The average Bonchev–Trinajstić information content (AvgIpc) is 3.01. The molecule has 0 saturated carbocycles. The number of nitrogens with zero attached hydrogens (tertiary/aromatic N) is 1. The topological polar surface area (TPSA) is 130 Å². The molecule has 1 unspecified atom stereocenters. The Morgan fingerprint density at radius 3 is 2.34 bits per heavy atom. The Balaban J connectivity index is 1.50. The van der Waals surface area contributed by atoms with Crippen molar-refractivity contribution in [1.29, 1.82) is 0 Å². The minimum atomic E-state index is -0.668. The lowest BCUT2D eigenvalue weighted by Crippen LogP contribution is -2.30. The van der Waals surface area contributed by atoms with Crippen LogP contribution in [-0.4, -0.2) is 27.9 Å². The predicted molar refractivity (Wildman–Crippen MR) is 170 cm³/mol. The molecule has 0 fully saturated rings. The molecule has 4 aromatic rings.